The lowest BCUT2D eigenvalue weighted by atomic mass is 10.1. The van der Waals surface area contributed by atoms with Gasteiger partial charge in [-0.05, 0) is 30.7 Å². The molecule has 1 N–H and O–H groups in total. The molecule has 0 aliphatic rings. The maximum absolute atomic E-state index is 6.27. The summed E-state index contributed by atoms with van der Waals surface area (Å²) < 4.78 is 11.6. The highest BCUT2D eigenvalue weighted by atomic mass is 35.5. The van der Waals surface area contributed by atoms with Crippen molar-refractivity contribution in [3.05, 3.63) is 93.5 Å². The monoisotopic (exact) mass is 415 g/mol. The van der Waals surface area contributed by atoms with Gasteiger partial charge in [0, 0.05) is 33.8 Å². The van der Waals surface area contributed by atoms with Crippen molar-refractivity contribution < 1.29 is 9.47 Å². The van der Waals surface area contributed by atoms with Crippen LogP contribution in [0.3, 0.4) is 0 Å². The van der Waals surface area contributed by atoms with Crippen molar-refractivity contribution in [2.75, 3.05) is 7.11 Å². The van der Waals surface area contributed by atoms with Gasteiger partial charge in [0.25, 0.3) is 0 Å². The Hall–Kier alpha value is -2.20. The summed E-state index contributed by atoms with van der Waals surface area (Å²) in [5.41, 5.74) is 2.99. The fraction of sp³-hybridized carbons (Fsp3) is 0.217. The van der Waals surface area contributed by atoms with Crippen molar-refractivity contribution in [3.8, 4) is 11.5 Å². The van der Waals surface area contributed by atoms with Gasteiger partial charge >= 0.3 is 0 Å². The summed E-state index contributed by atoms with van der Waals surface area (Å²) >= 11 is 12.5. The predicted molar refractivity (Wildman–Crippen MR) is 115 cm³/mol. The minimum Gasteiger partial charge on any atom is -0.493 e. The molecule has 0 aliphatic carbocycles. The lowest BCUT2D eigenvalue weighted by Crippen LogP contribution is -2.18. The molecular formula is C23H23Cl2NO2. The summed E-state index contributed by atoms with van der Waals surface area (Å²) in [6.45, 7) is 3.04. The molecule has 3 rings (SSSR count). The number of hydrogen-bond donors (Lipinski definition) is 1. The molecule has 0 radical (unpaired) electrons. The lowest BCUT2D eigenvalue weighted by molar-refractivity contribution is 0.280. The van der Waals surface area contributed by atoms with E-state index in [0.717, 1.165) is 11.1 Å². The Labute approximate surface area is 176 Å². The van der Waals surface area contributed by atoms with Crippen LogP contribution >= 0.6 is 23.2 Å². The van der Waals surface area contributed by atoms with E-state index < -0.39 is 0 Å². The molecule has 3 aromatic carbocycles. The highest BCUT2D eigenvalue weighted by Gasteiger charge is 2.14. The SMILES string of the molecule is COc1cccc(CNC(C)c2ccccc2)c1OCc1c(Cl)cccc1Cl. The molecule has 146 valence electrons. The van der Waals surface area contributed by atoms with Crippen LogP contribution in [0.25, 0.3) is 0 Å². The number of ether oxygens (including phenoxy) is 2. The second kappa shape index (κ2) is 9.83. The van der Waals surface area contributed by atoms with Gasteiger partial charge in [-0.3, -0.25) is 0 Å². The molecule has 3 aromatic rings. The molecule has 0 spiro atoms. The van der Waals surface area contributed by atoms with E-state index in [1.165, 1.54) is 5.56 Å². The van der Waals surface area contributed by atoms with Gasteiger partial charge in [-0.25, -0.2) is 0 Å². The molecule has 28 heavy (non-hydrogen) atoms. The van der Waals surface area contributed by atoms with Crippen LogP contribution in [0.5, 0.6) is 11.5 Å². The number of hydrogen-bond acceptors (Lipinski definition) is 3. The van der Waals surface area contributed by atoms with E-state index in [2.05, 4.69) is 24.4 Å². The van der Waals surface area contributed by atoms with Crippen molar-refractivity contribution in [3.63, 3.8) is 0 Å². The van der Waals surface area contributed by atoms with Crippen molar-refractivity contribution >= 4 is 23.2 Å². The Bertz CT molecular complexity index is 895. The van der Waals surface area contributed by atoms with Crippen LogP contribution in [0, 0.1) is 0 Å². The van der Waals surface area contributed by atoms with Crippen LogP contribution in [-0.2, 0) is 13.2 Å². The van der Waals surface area contributed by atoms with Gasteiger partial charge < -0.3 is 14.8 Å². The van der Waals surface area contributed by atoms with Crippen LogP contribution in [-0.4, -0.2) is 7.11 Å². The molecule has 1 atom stereocenters. The summed E-state index contributed by atoms with van der Waals surface area (Å²) in [5.74, 6) is 1.36. The summed E-state index contributed by atoms with van der Waals surface area (Å²) in [7, 11) is 1.63. The zero-order valence-corrected chi connectivity index (χ0v) is 17.4. The van der Waals surface area contributed by atoms with Crippen LogP contribution in [0.1, 0.15) is 29.7 Å². The van der Waals surface area contributed by atoms with E-state index in [1.807, 2.05) is 42.5 Å². The predicted octanol–water partition coefficient (Wildman–Crippen LogP) is 6.43. The maximum atomic E-state index is 6.27. The smallest absolute Gasteiger partial charge is 0.166 e. The Morgan fingerprint density at radius 2 is 1.57 bits per heavy atom. The average Bonchev–Trinajstić information content (AvgIpc) is 2.72. The molecule has 0 fully saturated rings. The molecule has 1 unspecified atom stereocenters. The molecule has 0 aliphatic heterocycles. The molecule has 0 amide bonds. The minimum absolute atomic E-state index is 0.207. The number of rotatable bonds is 8. The van der Waals surface area contributed by atoms with Crippen molar-refractivity contribution in [2.45, 2.75) is 26.1 Å². The first-order valence-corrected chi connectivity index (χ1v) is 9.85. The molecule has 5 heteroatoms. The summed E-state index contributed by atoms with van der Waals surface area (Å²) in [6.07, 6.45) is 0. The summed E-state index contributed by atoms with van der Waals surface area (Å²) in [4.78, 5) is 0. The molecule has 0 saturated heterocycles. The van der Waals surface area contributed by atoms with Gasteiger partial charge in [0.05, 0.1) is 7.11 Å². The largest absolute Gasteiger partial charge is 0.493 e. The van der Waals surface area contributed by atoms with Crippen molar-refractivity contribution in [1.82, 2.24) is 5.32 Å². The Balaban J connectivity index is 1.77. The fourth-order valence-corrected chi connectivity index (χ4v) is 3.47. The Morgan fingerprint density at radius 3 is 2.25 bits per heavy atom. The van der Waals surface area contributed by atoms with E-state index in [4.69, 9.17) is 32.7 Å². The van der Waals surface area contributed by atoms with E-state index in [0.29, 0.717) is 28.1 Å². The molecule has 0 heterocycles. The average molecular weight is 416 g/mol. The van der Waals surface area contributed by atoms with Crippen molar-refractivity contribution in [1.29, 1.82) is 0 Å². The standard InChI is InChI=1S/C23H23Cl2NO2/c1-16(17-8-4-3-5-9-17)26-14-18-10-6-13-22(27-2)23(18)28-15-19-20(24)11-7-12-21(19)25/h3-13,16,26H,14-15H2,1-2H3. The van der Waals surface area contributed by atoms with Crippen LogP contribution in [0.15, 0.2) is 66.7 Å². The number of para-hydroxylation sites is 1. The highest BCUT2D eigenvalue weighted by Crippen LogP contribution is 2.34. The van der Waals surface area contributed by atoms with Gasteiger partial charge in [-0.1, -0.05) is 71.7 Å². The third-order valence-electron chi connectivity index (χ3n) is 4.60. The summed E-state index contributed by atoms with van der Waals surface area (Å²) in [5, 5.41) is 4.71. The molecule has 3 nitrogen and oxygen atoms in total. The fourth-order valence-electron chi connectivity index (χ4n) is 2.96. The topological polar surface area (TPSA) is 30.5 Å². The van der Waals surface area contributed by atoms with Crippen molar-refractivity contribution in [2.24, 2.45) is 0 Å². The second-order valence-electron chi connectivity index (χ2n) is 6.45. The summed E-state index contributed by atoms with van der Waals surface area (Å²) in [6, 6.07) is 21.8. The van der Waals surface area contributed by atoms with Gasteiger partial charge in [0.2, 0.25) is 0 Å². The maximum Gasteiger partial charge on any atom is 0.166 e. The quantitative estimate of drug-likeness (QED) is 0.459. The van der Waals surface area contributed by atoms with Crippen LogP contribution in [0.2, 0.25) is 10.0 Å². The number of halogens is 2. The van der Waals surface area contributed by atoms with Gasteiger partial charge in [0.1, 0.15) is 6.61 Å². The van der Waals surface area contributed by atoms with Gasteiger partial charge in [-0.2, -0.15) is 0 Å². The second-order valence-corrected chi connectivity index (χ2v) is 7.27. The minimum atomic E-state index is 0.207. The van der Waals surface area contributed by atoms with Crippen LogP contribution in [0.4, 0.5) is 0 Å². The normalized spacial score (nSPS) is 11.9. The first kappa shape index (κ1) is 20.5. The van der Waals surface area contributed by atoms with Gasteiger partial charge in [-0.15, -0.1) is 0 Å². The molecule has 0 bridgehead atoms. The van der Waals surface area contributed by atoms with E-state index in [-0.39, 0.29) is 12.6 Å². The third-order valence-corrected chi connectivity index (χ3v) is 5.31. The third kappa shape index (κ3) is 4.99. The molecule has 0 aromatic heterocycles. The van der Waals surface area contributed by atoms with E-state index in [1.54, 1.807) is 19.2 Å². The Morgan fingerprint density at radius 1 is 0.893 bits per heavy atom. The number of methoxy groups -OCH3 is 1. The highest BCUT2D eigenvalue weighted by molar-refractivity contribution is 6.35. The Kier molecular flexibility index (Phi) is 7.21. The molecular weight excluding hydrogens is 393 g/mol. The lowest BCUT2D eigenvalue weighted by Gasteiger charge is -2.19. The zero-order valence-electron chi connectivity index (χ0n) is 15.9. The number of benzene rings is 3. The van der Waals surface area contributed by atoms with Gasteiger partial charge in [0.15, 0.2) is 11.5 Å². The molecule has 0 saturated carbocycles. The van der Waals surface area contributed by atoms with Crippen LogP contribution < -0.4 is 14.8 Å². The first-order chi connectivity index (χ1) is 13.6. The number of nitrogens with one attached hydrogen (secondary N) is 1. The first-order valence-electron chi connectivity index (χ1n) is 9.10. The van der Waals surface area contributed by atoms with E-state index >= 15 is 0 Å². The zero-order chi connectivity index (χ0) is 19.9. The van der Waals surface area contributed by atoms with E-state index in [9.17, 15) is 0 Å².